The van der Waals surface area contributed by atoms with E-state index >= 15 is 0 Å². The highest BCUT2D eigenvalue weighted by Gasteiger charge is 2.75. The summed E-state index contributed by atoms with van der Waals surface area (Å²) in [5.41, 5.74) is -2.95. The van der Waals surface area contributed by atoms with Crippen molar-refractivity contribution in [3.8, 4) is 0 Å². The maximum atomic E-state index is 13.3. The number of esters is 1. The van der Waals surface area contributed by atoms with Crippen LogP contribution < -0.4 is 0 Å². The van der Waals surface area contributed by atoms with Crippen molar-refractivity contribution in [3.05, 3.63) is 33.9 Å². The van der Waals surface area contributed by atoms with Crippen LogP contribution in [-0.4, -0.2) is 51.7 Å². The van der Waals surface area contributed by atoms with Crippen molar-refractivity contribution in [2.45, 2.75) is 35.3 Å². The van der Waals surface area contributed by atoms with E-state index in [0.717, 1.165) is 0 Å². The van der Waals surface area contributed by atoms with Crippen molar-refractivity contribution in [1.29, 1.82) is 0 Å². The largest absolute Gasteiger partial charge is 0.458 e. The van der Waals surface area contributed by atoms with Gasteiger partial charge in [-0.05, 0) is 12.1 Å². The Morgan fingerprint density at radius 2 is 1.59 bits per heavy atom. The number of ether oxygens (including phenoxy) is 1. The van der Waals surface area contributed by atoms with Gasteiger partial charge in [0.2, 0.25) is 0 Å². The molecular weight excluding hydrogens is 503 g/mol. The molecule has 182 valence electrons. The summed E-state index contributed by atoms with van der Waals surface area (Å²) < 4.78 is 155. The van der Waals surface area contributed by atoms with Crippen LogP contribution in [0.25, 0.3) is 0 Å². The van der Waals surface area contributed by atoms with Gasteiger partial charge in [-0.1, -0.05) is 0 Å². The number of nitro groups is 1. The average molecular weight is 511 g/mol. The van der Waals surface area contributed by atoms with Crippen LogP contribution in [0.5, 0.6) is 0 Å². The molecule has 18 heteroatoms. The molecule has 1 aromatic rings. The van der Waals surface area contributed by atoms with E-state index in [9.17, 15) is 67.4 Å². The molecule has 1 atom stereocenters. The number of halogens is 11. The van der Waals surface area contributed by atoms with E-state index in [0.29, 0.717) is 6.07 Å². The predicted molar refractivity (Wildman–Crippen MR) is 81.2 cm³/mol. The van der Waals surface area contributed by atoms with E-state index in [1.54, 1.807) is 0 Å². The molecule has 0 amide bonds. The Hall–Kier alpha value is -2.53. The maximum Gasteiger partial charge on any atom is 0.416 e. The van der Waals surface area contributed by atoms with Crippen molar-refractivity contribution in [2.24, 2.45) is 0 Å². The summed E-state index contributed by atoms with van der Waals surface area (Å²) >= 11 is 0. The molecule has 1 rings (SSSR count). The lowest BCUT2D eigenvalue weighted by molar-refractivity contribution is -0.388. The Bertz CT molecular complexity index is 904. The van der Waals surface area contributed by atoms with Crippen molar-refractivity contribution < 1.29 is 67.0 Å². The Morgan fingerprint density at radius 3 is 2.03 bits per heavy atom. The highest BCUT2D eigenvalue weighted by Crippen LogP contribution is 2.48. The molecule has 0 saturated heterocycles. The van der Waals surface area contributed by atoms with E-state index in [1.165, 1.54) is 0 Å². The Morgan fingerprint density at radius 1 is 1.06 bits per heavy atom. The smallest absolute Gasteiger partial charge is 0.416 e. The highest BCUT2D eigenvalue weighted by atomic mass is 32.2. The molecule has 0 aliphatic rings. The Kier molecular flexibility index (Phi) is 7.86. The van der Waals surface area contributed by atoms with E-state index in [2.05, 4.69) is 4.74 Å². The molecular formula is C14H8F11NO5S. The van der Waals surface area contributed by atoms with Gasteiger partial charge in [0.15, 0.2) is 6.61 Å². The van der Waals surface area contributed by atoms with Gasteiger partial charge in [0.1, 0.15) is 10.6 Å². The van der Waals surface area contributed by atoms with Crippen LogP contribution in [0.1, 0.15) is 5.56 Å². The maximum absolute atomic E-state index is 13.3. The molecule has 0 bridgehead atoms. The summed E-state index contributed by atoms with van der Waals surface area (Å²) in [6.45, 7) is -2.87. The predicted octanol–water partition coefficient (Wildman–Crippen LogP) is 4.44. The third kappa shape index (κ3) is 5.63. The summed E-state index contributed by atoms with van der Waals surface area (Å²) in [5, 5.41) is 10.9. The van der Waals surface area contributed by atoms with Crippen molar-refractivity contribution in [3.63, 3.8) is 0 Å². The second kappa shape index (κ2) is 9.14. The first-order chi connectivity index (χ1) is 14.3. The summed E-state index contributed by atoms with van der Waals surface area (Å²) in [7, 11) is -2.94. The number of nitrogens with zero attached hydrogens (tertiary/aromatic N) is 1. The van der Waals surface area contributed by atoms with Gasteiger partial charge in [-0.25, -0.2) is 8.78 Å². The van der Waals surface area contributed by atoms with Crippen LogP contribution >= 0.6 is 0 Å². The van der Waals surface area contributed by atoms with Crippen LogP contribution in [0, 0.1) is 10.1 Å². The van der Waals surface area contributed by atoms with Crippen LogP contribution in [0.3, 0.4) is 0 Å². The first-order valence-electron chi connectivity index (χ1n) is 7.57. The molecule has 0 fully saturated rings. The third-order valence-corrected chi connectivity index (χ3v) is 4.88. The second-order valence-corrected chi connectivity index (χ2v) is 7.21. The summed E-state index contributed by atoms with van der Waals surface area (Å²) in [4.78, 5) is 19.9. The summed E-state index contributed by atoms with van der Waals surface area (Å²) in [6, 6.07) is 0.489. The fourth-order valence-corrected chi connectivity index (χ4v) is 2.94. The van der Waals surface area contributed by atoms with Gasteiger partial charge >= 0.3 is 36.3 Å². The fraction of sp³-hybridized carbons (Fsp3) is 0.500. The Labute approximate surface area is 171 Å². The van der Waals surface area contributed by atoms with E-state index in [-0.39, 0.29) is 12.1 Å². The number of rotatable bonds is 9. The number of benzene rings is 1. The van der Waals surface area contributed by atoms with Gasteiger partial charge < -0.3 is 4.74 Å². The van der Waals surface area contributed by atoms with Crippen LogP contribution in [0.15, 0.2) is 23.1 Å². The molecule has 0 spiro atoms. The molecule has 0 N–H and O–H groups in total. The number of hydrogen-bond acceptors (Lipinski definition) is 5. The van der Waals surface area contributed by atoms with Crippen LogP contribution in [-0.2, 0) is 26.5 Å². The molecule has 0 aliphatic carbocycles. The lowest BCUT2D eigenvalue weighted by Crippen LogP contribution is -2.59. The molecule has 0 heterocycles. The minimum Gasteiger partial charge on any atom is -0.458 e. The lowest BCUT2D eigenvalue weighted by Gasteiger charge is -2.31. The topological polar surface area (TPSA) is 86.5 Å². The third-order valence-electron chi connectivity index (χ3n) is 3.54. The van der Waals surface area contributed by atoms with E-state index in [1.807, 2.05) is 0 Å². The molecule has 0 aromatic heterocycles. The zero-order valence-corrected chi connectivity index (χ0v) is 15.6. The molecule has 32 heavy (non-hydrogen) atoms. The molecule has 1 unspecified atom stereocenters. The van der Waals surface area contributed by atoms with E-state index in [4.69, 9.17) is 0 Å². The van der Waals surface area contributed by atoms with Gasteiger partial charge in [-0.15, -0.1) is 0 Å². The summed E-state index contributed by atoms with van der Waals surface area (Å²) in [5.74, 6) is -22.9. The standard InChI is InChI=1S/C14H8F11NO5S/c15-10(16)12(19,20)14(24,25)11(17,18)5-31-9(27)4-32(30)8-2-1-6(13(21,22)23)3-7(8)26(28)29/h1-3,10H,4-5H2. The van der Waals surface area contributed by atoms with Gasteiger partial charge in [0.05, 0.1) is 21.3 Å². The van der Waals surface area contributed by atoms with Gasteiger partial charge in [-0.3, -0.25) is 19.1 Å². The number of carbonyl (C=O) groups excluding carboxylic acids is 1. The monoisotopic (exact) mass is 511 g/mol. The Balaban J connectivity index is 2.99. The molecule has 1 aromatic carbocycles. The minimum absolute atomic E-state index is 0.0559. The number of alkyl halides is 11. The van der Waals surface area contributed by atoms with Crippen LogP contribution in [0.2, 0.25) is 0 Å². The molecule has 0 radical (unpaired) electrons. The quantitative estimate of drug-likeness (QED) is 0.212. The fourth-order valence-electron chi connectivity index (χ4n) is 1.90. The second-order valence-electron chi connectivity index (χ2n) is 5.79. The van der Waals surface area contributed by atoms with Gasteiger partial charge in [-0.2, -0.15) is 39.5 Å². The van der Waals surface area contributed by atoms with Crippen molar-refractivity contribution >= 4 is 22.5 Å². The van der Waals surface area contributed by atoms with Crippen molar-refractivity contribution in [1.82, 2.24) is 0 Å². The number of hydrogen-bond donors (Lipinski definition) is 0. The van der Waals surface area contributed by atoms with Gasteiger partial charge in [0, 0.05) is 6.07 Å². The van der Waals surface area contributed by atoms with E-state index < -0.39 is 80.6 Å². The highest BCUT2D eigenvalue weighted by molar-refractivity contribution is 7.85. The zero-order chi connectivity index (χ0) is 25.3. The normalized spacial score (nSPS) is 14.4. The molecule has 0 aliphatic heterocycles. The average Bonchev–Trinajstić information content (AvgIpc) is 2.64. The SMILES string of the molecule is O=C(CS(=O)c1ccc(C(F)(F)F)cc1[N+](=O)[O-])OCC(F)(F)C(F)(F)C(F)(F)C(F)F. The van der Waals surface area contributed by atoms with Gasteiger partial charge in [0.25, 0.3) is 5.69 Å². The molecule has 6 nitrogen and oxygen atoms in total. The first kappa shape index (κ1) is 27.5. The first-order valence-corrected chi connectivity index (χ1v) is 8.89. The zero-order valence-electron chi connectivity index (χ0n) is 14.8. The number of carbonyl (C=O) groups is 1. The van der Waals surface area contributed by atoms with Crippen molar-refractivity contribution in [2.75, 3.05) is 12.4 Å². The molecule has 0 saturated carbocycles. The summed E-state index contributed by atoms with van der Waals surface area (Å²) in [6.07, 6.45) is -10.3. The number of nitro benzene ring substituents is 1. The lowest BCUT2D eigenvalue weighted by atomic mass is 10.1. The van der Waals surface area contributed by atoms with Crippen LogP contribution in [0.4, 0.5) is 54.0 Å². The minimum atomic E-state index is -6.68.